The smallest absolute Gasteiger partial charge is 0.0702 e. The summed E-state index contributed by atoms with van der Waals surface area (Å²) >= 11 is 0. The van der Waals surface area contributed by atoms with E-state index in [2.05, 4.69) is 41.4 Å². The first-order valence-electron chi connectivity index (χ1n) is 7.88. The third-order valence-corrected chi connectivity index (χ3v) is 4.03. The summed E-state index contributed by atoms with van der Waals surface area (Å²) < 4.78 is 5.74. The summed E-state index contributed by atoms with van der Waals surface area (Å²) in [7, 11) is 2.00. The van der Waals surface area contributed by atoms with E-state index in [4.69, 9.17) is 4.74 Å². The van der Waals surface area contributed by atoms with Crippen LogP contribution in [0.1, 0.15) is 30.9 Å². The highest BCUT2D eigenvalue weighted by molar-refractivity contribution is 5.22. The SMILES string of the molecule is CCN(Cc1ccc(CCNC)cc1)CC1CCCO1. The number of nitrogens with one attached hydrogen (secondary N) is 1. The Bertz CT molecular complexity index is 371. The van der Waals surface area contributed by atoms with E-state index in [1.54, 1.807) is 0 Å². The van der Waals surface area contributed by atoms with Gasteiger partial charge in [0.05, 0.1) is 6.10 Å². The monoisotopic (exact) mass is 276 g/mol. The van der Waals surface area contributed by atoms with Crippen molar-refractivity contribution in [3.8, 4) is 0 Å². The van der Waals surface area contributed by atoms with Crippen LogP contribution in [0.15, 0.2) is 24.3 Å². The molecule has 3 heteroatoms. The minimum Gasteiger partial charge on any atom is -0.377 e. The number of hydrogen-bond donors (Lipinski definition) is 1. The predicted octanol–water partition coefficient (Wildman–Crippen LogP) is 2.45. The fourth-order valence-electron chi connectivity index (χ4n) is 2.72. The van der Waals surface area contributed by atoms with Crippen LogP contribution < -0.4 is 5.32 Å². The lowest BCUT2D eigenvalue weighted by Crippen LogP contribution is -2.31. The van der Waals surface area contributed by atoms with E-state index in [-0.39, 0.29) is 0 Å². The number of benzene rings is 1. The quantitative estimate of drug-likeness (QED) is 0.789. The zero-order valence-corrected chi connectivity index (χ0v) is 12.9. The number of nitrogens with zero attached hydrogens (tertiary/aromatic N) is 1. The zero-order valence-electron chi connectivity index (χ0n) is 12.9. The number of hydrogen-bond acceptors (Lipinski definition) is 3. The van der Waals surface area contributed by atoms with Gasteiger partial charge in [-0.3, -0.25) is 4.90 Å². The Labute approximate surface area is 123 Å². The van der Waals surface area contributed by atoms with Crippen molar-refractivity contribution in [2.45, 2.75) is 38.8 Å². The van der Waals surface area contributed by atoms with Crippen LogP contribution in [-0.4, -0.2) is 44.3 Å². The number of ether oxygens (including phenoxy) is 1. The third kappa shape index (κ3) is 4.89. The summed E-state index contributed by atoms with van der Waals surface area (Å²) in [6.07, 6.45) is 4.00. The topological polar surface area (TPSA) is 24.5 Å². The standard InChI is InChI=1S/C17H28N2O/c1-3-19(14-17-5-4-12-20-17)13-16-8-6-15(7-9-16)10-11-18-2/h6-9,17-18H,3-5,10-14H2,1-2H3. The summed E-state index contributed by atoms with van der Waals surface area (Å²) in [5.74, 6) is 0. The summed E-state index contributed by atoms with van der Waals surface area (Å²) in [5.41, 5.74) is 2.81. The van der Waals surface area contributed by atoms with Crippen LogP contribution in [0, 0.1) is 0 Å². The van der Waals surface area contributed by atoms with Crippen LogP contribution in [0.3, 0.4) is 0 Å². The molecule has 0 radical (unpaired) electrons. The molecule has 0 aromatic heterocycles. The van der Waals surface area contributed by atoms with Gasteiger partial charge in [-0.1, -0.05) is 31.2 Å². The normalized spacial score (nSPS) is 18.9. The average molecular weight is 276 g/mol. The molecule has 2 rings (SSSR count). The molecule has 112 valence electrons. The molecule has 1 saturated heterocycles. The van der Waals surface area contributed by atoms with Gasteiger partial charge in [0, 0.05) is 19.7 Å². The Balaban J connectivity index is 1.83. The average Bonchev–Trinajstić information content (AvgIpc) is 2.99. The highest BCUT2D eigenvalue weighted by Gasteiger charge is 2.18. The molecule has 1 aromatic carbocycles. The first kappa shape index (κ1) is 15.5. The van der Waals surface area contributed by atoms with Gasteiger partial charge in [0.2, 0.25) is 0 Å². The molecule has 3 nitrogen and oxygen atoms in total. The van der Waals surface area contributed by atoms with E-state index in [0.717, 1.165) is 39.2 Å². The Kier molecular flexibility index (Phi) is 6.51. The molecular weight excluding hydrogens is 248 g/mol. The van der Waals surface area contributed by atoms with Crippen molar-refractivity contribution in [3.63, 3.8) is 0 Å². The summed E-state index contributed by atoms with van der Waals surface area (Å²) in [6, 6.07) is 9.05. The second-order valence-electron chi connectivity index (χ2n) is 5.63. The van der Waals surface area contributed by atoms with Gasteiger partial charge in [-0.25, -0.2) is 0 Å². The molecule has 1 atom stereocenters. The van der Waals surface area contributed by atoms with Crippen LogP contribution in [0.25, 0.3) is 0 Å². The fourth-order valence-corrected chi connectivity index (χ4v) is 2.72. The molecule has 0 spiro atoms. The van der Waals surface area contributed by atoms with Crippen molar-refractivity contribution in [3.05, 3.63) is 35.4 Å². The lowest BCUT2D eigenvalue weighted by molar-refractivity contribution is 0.0725. The van der Waals surface area contributed by atoms with Gasteiger partial charge in [-0.05, 0) is 50.5 Å². The summed E-state index contributed by atoms with van der Waals surface area (Å²) in [4.78, 5) is 2.48. The Morgan fingerprint density at radius 1 is 1.25 bits per heavy atom. The summed E-state index contributed by atoms with van der Waals surface area (Å²) in [5, 5.41) is 3.19. The van der Waals surface area contributed by atoms with Gasteiger partial charge >= 0.3 is 0 Å². The molecule has 1 fully saturated rings. The van der Waals surface area contributed by atoms with E-state index in [1.807, 2.05) is 7.05 Å². The molecule has 1 heterocycles. The van der Waals surface area contributed by atoms with Gasteiger partial charge in [0.25, 0.3) is 0 Å². The molecule has 1 aliphatic rings. The molecule has 0 saturated carbocycles. The van der Waals surface area contributed by atoms with Crippen molar-refractivity contribution in [1.29, 1.82) is 0 Å². The maximum Gasteiger partial charge on any atom is 0.0702 e. The first-order chi connectivity index (χ1) is 9.81. The minimum absolute atomic E-state index is 0.449. The van der Waals surface area contributed by atoms with E-state index >= 15 is 0 Å². The Hall–Kier alpha value is -0.900. The minimum atomic E-state index is 0.449. The highest BCUT2D eigenvalue weighted by atomic mass is 16.5. The van der Waals surface area contributed by atoms with Gasteiger partial charge in [0.15, 0.2) is 0 Å². The third-order valence-electron chi connectivity index (χ3n) is 4.03. The second-order valence-corrected chi connectivity index (χ2v) is 5.63. The predicted molar refractivity (Wildman–Crippen MR) is 84.0 cm³/mol. The van der Waals surface area contributed by atoms with E-state index in [9.17, 15) is 0 Å². The largest absolute Gasteiger partial charge is 0.377 e. The molecule has 0 bridgehead atoms. The van der Waals surface area contributed by atoms with Gasteiger partial charge in [-0.15, -0.1) is 0 Å². The first-order valence-corrected chi connectivity index (χ1v) is 7.88. The van der Waals surface area contributed by atoms with Crippen molar-refractivity contribution < 1.29 is 4.74 Å². The maximum atomic E-state index is 5.74. The molecule has 20 heavy (non-hydrogen) atoms. The van der Waals surface area contributed by atoms with Crippen LogP contribution in [0.5, 0.6) is 0 Å². The molecule has 1 aromatic rings. The number of rotatable bonds is 8. The lowest BCUT2D eigenvalue weighted by Gasteiger charge is -2.23. The second kappa shape index (κ2) is 8.40. The molecular formula is C17H28N2O. The highest BCUT2D eigenvalue weighted by Crippen LogP contribution is 2.15. The molecule has 1 unspecified atom stereocenters. The van der Waals surface area contributed by atoms with Crippen LogP contribution in [-0.2, 0) is 17.7 Å². The summed E-state index contributed by atoms with van der Waals surface area (Å²) in [6.45, 7) is 7.40. The molecule has 1 N–H and O–H groups in total. The molecule has 0 amide bonds. The Morgan fingerprint density at radius 2 is 2.00 bits per heavy atom. The molecule has 1 aliphatic heterocycles. The fraction of sp³-hybridized carbons (Fsp3) is 0.647. The maximum absolute atomic E-state index is 5.74. The van der Waals surface area contributed by atoms with Gasteiger partial charge in [-0.2, -0.15) is 0 Å². The zero-order chi connectivity index (χ0) is 14.2. The van der Waals surface area contributed by atoms with E-state index in [0.29, 0.717) is 6.10 Å². The van der Waals surface area contributed by atoms with Gasteiger partial charge < -0.3 is 10.1 Å². The van der Waals surface area contributed by atoms with Crippen molar-refractivity contribution in [1.82, 2.24) is 10.2 Å². The van der Waals surface area contributed by atoms with Crippen LogP contribution >= 0.6 is 0 Å². The van der Waals surface area contributed by atoms with Crippen molar-refractivity contribution in [2.24, 2.45) is 0 Å². The molecule has 0 aliphatic carbocycles. The van der Waals surface area contributed by atoms with Crippen molar-refractivity contribution in [2.75, 3.05) is 33.3 Å². The van der Waals surface area contributed by atoms with E-state index < -0.39 is 0 Å². The van der Waals surface area contributed by atoms with E-state index in [1.165, 1.54) is 24.0 Å². The van der Waals surface area contributed by atoms with Gasteiger partial charge in [0.1, 0.15) is 0 Å². The Morgan fingerprint density at radius 3 is 2.60 bits per heavy atom. The van der Waals surface area contributed by atoms with Crippen LogP contribution in [0.2, 0.25) is 0 Å². The number of likely N-dealkylation sites (N-methyl/N-ethyl adjacent to an activating group) is 2. The van der Waals surface area contributed by atoms with Crippen LogP contribution in [0.4, 0.5) is 0 Å². The lowest BCUT2D eigenvalue weighted by atomic mass is 10.1. The van der Waals surface area contributed by atoms with Crippen molar-refractivity contribution >= 4 is 0 Å².